The maximum atomic E-state index is 10.2. The highest BCUT2D eigenvalue weighted by atomic mass is 16.4. The Bertz CT molecular complexity index is 425. The summed E-state index contributed by atoms with van der Waals surface area (Å²) in [4.78, 5) is 29.4. The lowest BCUT2D eigenvalue weighted by Crippen LogP contribution is -2.29. The third-order valence-corrected chi connectivity index (χ3v) is 4.57. The van der Waals surface area contributed by atoms with Crippen LogP contribution >= 0.6 is 0 Å². The largest absolute Gasteiger partial charge is 0.481 e. The lowest BCUT2D eigenvalue weighted by Gasteiger charge is -2.20. The van der Waals surface area contributed by atoms with E-state index in [0.29, 0.717) is 19.3 Å². The summed E-state index contributed by atoms with van der Waals surface area (Å²) in [7, 11) is 0. The van der Waals surface area contributed by atoms with Crippen molar-refractivity contribution in [3.8, 4) is 0 Å². The second-order valence-electron chi connectivity index (χ2n) is 8.54. The van der Waals surface area contributed by atoms with Gasteiger partial charge in [0.25, 0.3) is 0 Å². The Balaban J connectivity index is -0.000000191. The van der Waals surface area contributed by atoms with E-state index >= 15 is 0 Å². The number of unbranched alkanes of at least 4 members (excludes halogenated alkanes) is 8. The smallest absolute Gasteiger partial charge is 0.303 e. The molecule has 0 aliphatic carbocycles. The van der Waals surface area contributed by atoms with E-state index in [-0.39, 0.29) is 19.8 Å². The van der Waals surface area contributed by atoms with Crippen molar-refractivity contribution in [1.29, 1.82) is 0 Å². The van der Waals surface area contributed by atoms with Gasteiger partial charge in [0.1, 0.15) is 0 Å². The Kier molecular flexibility index (Phi) is 36.4. The molecule has 0 heterocycles. The molecule has 0 aliphatic heterocycles. The van der Waals surface area contributed by atoms with Gasteiger partial charge in [-0.05, 0) is 19.3 Å². The molecule has 0 spiro atoms. The minimum Gasteiger partial charge on any atom is -0.481 e. The Morgan fingerprint density at radius 2 is 0.794 bits per heavy atom. The van der Waals surface area contributed by atoms with Gasteiger partial charge in [0.05, 0.1) is 19.8 Å². The quantitative estimate of drug-likeness (QED) is 0.156. The van der Waals surface area contributed by atoms with Crippen LogP contribution in [0.1, 0.15) is 118 Å². The van der Waals surface area contributed by atoms with Gasteiger partial charge in [0, 0.05) is 24.7 Å². The van der Waals surface area contributed by atoms with Gasteiger partial charge in [-0.1, -0.05) is 79.1 Å². The highest BCUT2D eigenvalue weighted by molar-refractivity contribution is 5.67. The number of aliphatic hydroxyl groups excluding tert-OH is 3. The molecule has 0 fully saturated rings. The van der Waals surface area contributed by atoms with Crippen molar-refractivity contribution in [2.24, 2.45) is 5.41 Å². The predicted molar refractivity (Wildman–Crippen MR) is 134 cm³/mol. The summed E-state index contributed by atoms with van der Waals surface area (Å²) < 4.78 is 0. The van der Waals surface area contributed by atoms with Gasteiger partial charge in [-0.25, -0.2) is 0 Å². The fourth-order valence-electron chi connectivity index (χ4n) is 2.16. The van der Waals surface area contributed by atoms with Gasteiger partial charge < -0.3 is 30.6 Å². The highest BCUT2D eigenvalue weighted by Crippen LogP contribution is 2.11. The lowest BCUT2D eigenvalue weighted by atomic mass is 9.95. The average Bonchev–Trinajstić information content (AvgIpc) is 2.78. The number of carboxylic acids is 3. The van der Waals surface area contributed by atoms with Crippen LogP contribution in [0.3, 0.4) is 0 Å². The molecule has 0 aromatic carbocycles. The summed E-state index contributed by atoms with van der Waals surface area (Å²) in [5, 5.41) is 49.6. The van der Waals surface area contributed by atoms with E-state index in [0.717, 1.165) is 25.7 Å². The monoisotopic (exact) mass is 496 g/mol. The fourth-order valence-corrected chi connectivity index (χ4v) is 2.16. The molecule has 0 aliphatic rings. The lowest BCUT2D eigenvalue weighted by molar-refractivity contribution is -0.138. The normalized spacial score (nSPS) is 9.97. The zero-order valence-electron chi connectivity index (χ0n) is 21.9. The van der Waals surface area contributed by atoms with Crippen LogP contribution in [0, 0.1) is 5.41 Å². The van der Waals surface area contributed by atoms with Crippen molar-refractivity contribution in [3.05, 3.63) is 0 Å². The van der Waals surface area contributed by atoms with E-state index in [1.54, 1.807) is 6.92 Å². The maximum absolute atomic E-state index is 10.2. The fraction of sp³-hybridized carbons (Fsp3) is 0.880. The first-order chi connectivity index (χ1) is 16.0. The maximum Gasteiger partial charge on any atom is 0.303 e. The third-order valence-electron chi connectivity index (χ3n) is 4.57. The Morgan fingerprint density at radius 1 is 0.500 bits per heavy atom. The molecule has 0 bridgehead atoms. The second-order valence-corrected chi connectivity index (χ2v) is 8.54. The van der Waals surface area contributed by atoms with Crippen molar-refractivity contribution in [1.82, 2.24) is 0 Å². The molecule has 6 N–H and O–H groups in total. The Labute approximate surface area is 206 Å². The summed E-state index contributed by atoms with van der Waals surface area (Å²) in [6.07, 6.45) is 13.5. The van der Waals surface area contributed by atoms with Gasteiger partial charge >= 0.3 is 17.9 Å². The van der Waals surface area contributed by atoms with Crippen molar-refractivity contribution in [2.45, 2.75) is 118 Å². The number of hydrogen-bond donors (Lipinski definition) is 6. The van der Waals surface area contributed by atoms with Crippen LogP contribution in [0.2, 0.25) is 0 Å². The van der Waals surface area contributed by atoms with E-state index in [9.17, 15) is 14.4 Å². The summed E-state index contributed by atoms with van der Waals surface area (Å²) >= 11 is 0. The van der Waals surface area contributed by atoms with Gasteiger partial charge in [0.2, 0.25) is 0 Å². The molecule has 206 valence electrons. The number of carbonyl (C=O) groups is 3. The summed E-state index contributed by atoms with van der Waals surface area (Å²) in [5.41, 5.74) is -0.708. The summed E-state index contributed by atoms with van der Waals surface area (Å²) in [6.45, 7) is 6.97. The van der Waals surface area contributed by atoms with Crippen LogP contribution in [-0.2, 0) is 14.4 Å². The topological polar surface area (TPSA) is 173 Å². The van der Waals surface area contributed by atoms with Crippen LogP contribution in [0.15, 0.2) is 0 Å². The molecule has 0 saturated heterocycles. The molecular formula is C25H52O9. The van der Waals surface area contributed by atoms with Crippen LogP contribution in [0.4, 0.5) is 0 Å². The van der Waals surface area contributed by atoms with Crippen molar-refractivity contribution < 1.29 is 45.0 Å². The minimum absolute atomic E-state index is 0.181. The van der Waals surface area contributed by atoms with Crippen LogP contribution in [0.25, 0.3) is 0 Å². The molecule has 34 heavy (non-hydrogen) atoms. The SMILES string of the molecule is CC(CO)(CO)CO.CCCC(=O)O.CCCC(=O)O.CCCCCCCCCCCC(=O)O. The molecule has 0 amide bonds. The molecule has 0 aromatic heterocycles. The van der Waals surface area contributed by atoms with Crippen molar-refractivity contribution >= 4 is 17.9 Å². The molecule has 9 heteroatoms. The van der Waals surface area contributed by atoms with E-state index < -0.39 is 23.3 Å². The molecule has 0 saturated carbocycles. The average molecular weight is 497 g/mol. The number of aliphatic carboxylic acids is 3. The standard InChI is InChI=1S/C12H24O2.C5H12O3.2C4H8O2/c1-2-3-4-5-6-7-8-9-10-11-12(13)14;1-5(2-6,3-7)4-8;2*1-2-3-4(5)6/h2-11H2,1H3,(H,13,14);6-8H,2-4H2,1H3;2*2-3H2,1H3,(H,5,6). The van der Waals surface area contributed by atoms with Gasteiger partial charge in [-0.3, -0.25) is 14.4 Å². The van der Waals surface area contributed by atoms with E-state index in [4.69, 9.17) is 30.6 Å². The zero-order chi connectivity index (χ0) is 27.3. The first kappa shape index (κ1) is 39.5. The van der Waals surface area contributed by atoms with E-state index in [1.165, 1.54) is 44.9 Å². The van der Waals surface area contributed by atoms with E-state index in [1.807, 2.05) is 13.8 Å². The minimum atomic E-state index is -0.711. The van der Waals surface area contributed by atoms with Gasteiger partial charge in [-0.2, -0.15) is 0 Å². The van der Waals surface area contributed by atoms with Crippen molar-refractivity contribution in [3.63, 3.8) is 0 Å². The summed E-state index contributed by atoms with van der Waals surface area (Å²) in [6, 6.07) is 0. The number of rotatable bonds is 17. The number of carboxylic acid groups (broad SMARTS) is 3. The zero-order valence-corrected chi connectivity index (χ0v) is 21.9. The Morgan fingerprint density at radius 3 is 0.971 bits per heavy atom. The number of hydrogen-bond acceptors (Lipinski definition) is 6. The first-order valence-corrected chi connectivity index (χ1v) is 12.5. The highest BCUT2D eigenvalue weighted by Gasteiger charge is 2.20. The second kappa shape index (κ2) is 31.3. The molecule has 0 aromatic rings. The molecular weight excluding hydrogens is 444 g/mol. The Hall–Kier alpha value is -1.71. The first-order valence-electron chi connectivity index (χ1n) is 12.5. The van der Waals surface area contributed by atoms with Crippen molar-refractivity contribution in [2.75, 3.05) is 19.8 Å². The van der Waals surface area contributed by atoms with E-state index in [2.05, 4.69) is 6.92 Å². The third kappa shape index (κ3) is 44.0. The molecule has 0 atom stereocenters. The molecule has 0 unspecified atom stereocenters. The molecule has 0 rings (SSSR count). The van der Waals surface area contributed by atoms with Gasteiger partial charge in [-0.15, -0.1) is 0 Å². The van der Waals surface area contributed by atoms with Crippen LogP contribution < -0.4 is 0 Å². The molecule has 9 nitrogen and oxygen atoms in total. The van der Waals surface area contributed by atoms with Crippen LogP contribution in [0.5, 0.6) is 0 Å². The summed E-state index contributed by atoms with van der Waals surface area (Å²) in [5.74, 6) is -2.08. The van der Waals surface area contributed by atoms with Gasteiger partial charge in [0.15, 0.2) is 0 Å². The molecule has 0 radical (unpaired) electrons. The number of aliphatic hydroxyl groups is 3. The predicted octanol–water partition coefficient (Wildman–Crippen LogP) is 4.70. The van der Waals surface area contributed by atoms with Crippen LogP contribution in [-0.4, -0.2) is 68.4 Å².